The fourth-order valence-corrected chi connectivity index (χ4v) is 8.73. The SMILES string of the molecule is CSc1nccc(-c2c(-c3ccccc3)ncn2C2CCN(C(=O)OC(C)(C)C)CC2)n1.CSc1nccc(C=NC2CCN(C(=O)OC(C)(C)C)CC2)n1.[C-]#[N+]C(Cc1ccc(C)cc1)c1ccccc1. The van der Waals surface area contributed by atoms with Gasteiger partial charge in [-0.1, -0.05) is 114 Å². The molecule has 5 heterocycles. The van der Waals surface area contributed by atoms with Gasteiger partial charge in [0.1, 0.15) is 11.2 Å². The summed E-state index contributed by atoms with van der Waals surface area (Å²) in [7, 11) is 0. The van der Waals surface area contributed by atoms with E-state index in [2.05, 4.69) is 72.7 Å². The summed E-state index contributed by atoms with van der Waals surface area (Å²) >= 11 is 3.03. The summed E-state index contributed by atoms with van der Waals surface area (Å²) in [5.74, 6) is 0. The van der Waals surface area contributed by atoms with Crippen LogP contribution >= 0.6 is 23.5 Å². The Morgan fingerprint density at radius 3 is 1.83 bits per heavy atom. The predicted octanol–water partition coefficient (Wildman–Crippen LogP) is 12.5. The molecule has 0 bridgehead atoms. The smallest absolute Gasteiger partial charge is 0.410 e. The van der Waals surface area contributed by atoms with Gasteiger partial charge >= 0.3 is 12.2 Å². The number of hydrogen-bond donors (Lipinski definition) is 0. The maximum absolute atomic E-state index is 12.5. The molecule has 2 aliphatic heterocycles. The molecule has 3 aromatic heterocycles. The quantitative estimate of drug-likeness (QED) is 0.0559. The van der Waals surface area contributed by atoms with Crippen molar-refractivity contribution in [2.45, 2.75) is 120 Å². The highest BCUT2D eigenvalue weighted by atomic mass is 32.2. The molecule has 1 atom stereocenters. The van der Waals surface area contributed by atoms with E-state index in [4.69, 9.17) is 26.0 Å². The van der Waals surface area contributed by atoms with Gasteiger partial charge in [0, 0.05) is 62.0 Å². The first-order chi connectivity index (χ1) is 34.5. The molecule has 2 aliphatic rings. The molecule has 0 spiro atoms. The third-order valence-corrected chi connectivity index (χ3v) is 12.8. The second kappa shape index (κ2) is 26.2. The monoisotopic (exact) mass is 1010 g/mol. The second-order valence-corrected chi connectivity index (χ2v) is 21.1. The molecule has 2 amide bonds. The van der Waals surface area contributed by atoms with Crippen molar-refractivity contribution in [3.05, 3.63) is 150 Å². The number of imidazole rings is 1. The lowest BCUT2D eigenvalue weighted by Crippen LogP contribution is -2.42. The molecule has 3 aromatic carbocycles. The maximum atomic E-state index is 12.5. The molecule has 6 aromatic rings. The molecule has 2 saturated heterocycles. The van der Waals surface area contributed by atoms with Gasteiger partial charge in [0.2, 0.25) is 0 Å². The Labute approximate surface area is 434 Å². The van der Waals surface area contributed by atoms with Crippen molar-refractivity contribution in [2.24, 2.45) is 4.99 Å². The summed E-state index contributed by atoms with van der Waals surface area (Å²) in [6.45, 7) is 23.4. The van der Waals surface area contributed by atoms with Crippen molar-refractivity contribution in [2.75, 3.05) is 38.7 Å². The van der Waals surface area contributed by atoms with Crippen LogP contribution in [0.25, 0.3) is 27.5 Å². The van der Waals surface area contributed by atoms with E-state index in [-0.39, 0.29) is 30.3 Å². The molecule has 0 aliphatic carbocycles. The van der Waals surface area contributed by atoms with Crippen LogP contribution in [0.3, 0.4) is 0 Å². The molecule has 2 fully saturated rings. The van der Waals surface area contributed by atoms with Gasteiger partial charge in [-0.2, -0.15) is 0 Å². The minimum atomic E-state index is -0.488. The van der Waals surface area contributed by atoms with Crippen molar-refractivity contribution >= 4 is 41.9 Å². The van der Waals surface area contributed by atoms with Crippen LogP contribution in [-0.2, 0) is 15.9 Å². The number of amides is 2. The van der Waals surface area contributed by atoms with Crippen molar-refractivity contribution in [1.29, 1.82) is 0 Å². The highest BCUT2D eigenvalue weighted by Gasteiger charge is 2.30. The summed E-state index contributed by atoms with van der Waals surface area (Å²) in [5, 5.41) is 1.47. The number of aromatic nitrogens is 6. The van der Waals surface area contributed by atoms with E-state index in [0.717, 1.165) is 76.3 Å². The number of aryl methyl sites for hydroxylation is 1. The molecule has 16 heteroatoms. The molecule has 0 radical (unpaired) electrons. The first-order valence-corrected chi connectivity index (χ1v) is 26.8. The molecule has 0 saturated carbocycles. The number of likely N-dealkylation sites (tertiary alicyclic amines) is 2. The summed E-state index contributed by atoms with van der Waals surface area (Å²) in [4.78, 5) is 58.8. The van der Waals surface area contributed by atoms with Gasteiger partial charge < -0.3 is 28.7 Å². The Balaban J connectivity index is 0.000000186. The summed E-state index contributed by atoms with van der Waals surface area (Å²) in [5.41, 5.74) is 7.27. The molecule has 14 nitrogen and oxygen atoms in total. The van der Waals surface area contributed by atoms with Gasteiger partial charge in [-0.3, -0.25) is 4.99 Å². The molecule has 1 unspecified atom stereocenters. The van der Waals surface area contributed by atoms with E-state index < -0.39 is 11.2 Å². The van der Waals surface area contributed by atoms with Crippen LogP contribution in [0.2, 0.25) is 0 Å². The number of aliphatic imine (C=N–C) groups is 1. The van der Waals surface area contributed by atoms with Crippen LogP contribution in [0.4, 0.5) is 9.59 Å². The largest absolute Gasteiger partial charge is 0.444 e. The first kappa shape index (κ1) is 54.8. The number of thioether (sulfide) groups is 2. The van der Waals surface area contributed by atoms with Crippen molar-refractivity contribution in [1.82, 2.24) is 39.3 Å². The molecule has 378 valence electrons. The Bertz CT molecular complexity index is 2720. The van der Waals surface area contributed by atoms with Gasteiger partial charge in [0.15, 0.2) is 10.3 Å². The number of benzene rings is 3. The van der Waals surface area contributed by atoms with Crippen LogP contribution in [0.5, 0.6) is 0 Å². The fourth-order valence-electron chi connectivity index (χ4n) is 8.01. The van der Waals surface area contributed by atoms with E-state index in [1.54, 1.807) is 28.4 Å². The van der Waals surface area contributed by atoms with Crippen LogP contribution < -0.4 is 0 Å². The molecule has 0 N–H and O–H groups in total. The number of carbonyl (C=O) groups is 2. The first-order valence-electron chi connectivity index (χ1n) is 24.3. The number of ether oxygens (including phenoxy) is 2. The second-order valence-electron chi connectivity index (χ2n) is 19.5. The van der Waals surface area contributed by atoms with Crippen LogP contribution in [0, 0.1) is 13.5 Å². The summed E-state index contributed by atoms with van der Waals surface area (Å²) in [6, 6.07) is 32.8. The van der Waals surface area contributed by atoms with Crippen LogP contribution in [-0.4, -0.2) is 114 Å². The van der Waals surface area contributed by atoms with E-state index in [1.165, 1.54) is 34.7 Å². The Morgan fingerprint density at radius 2 is 1.28 bits per heavy atom. The molecular formula is C56H68N10O4S2. The average Bonchev–Trinajstić information content (AvgIpc) is 3.84. The lowest BCUT2D eigenvalue weighted by molar-refractivity contribution is 0.0184. The van der Waals surface area contributed by atoms with Crippen molar-refractivity contribution < 1.29 is 19.1 Å². The highest BCUT2D eigenvalue weighted by Crippen LogP contribution is 2.36. The number of piperidine rings is 2. The fraction of sp³-hybridized carbons (Fsp3) is 0.411. The van der Waals surface area contributed by atoms with Crippen LogP contribution in [0.15, 0.2) is 131 Å². The minimum absolute atomic E-state index is 0.0705. The lowest BCUT2D eigenvalue weighted by Gasteiger charge is -2.34. The third kappa shape index (κ3) is 16.8. The number of carbonyl (C=O) groups excluding carboxylic acids is 2. The van der Waals surface area contributed by atoms with E-state index in [1.807, 2.05) is 121 Å². The number of hydrogen-bond acceptors (Lipinski definition) is 12. The van der Waals surface area contributed by atoms with E-state index in [9.17, 15) is 9.59 Å². The topological polar surface area (TPSA) is 145 Å². The molecule has 8 rings (SSSR count). The summed E-state index contributed by atoms with van der Waals surface area (Å²) in [6.07, 6.45) is 14.8. The zero-order valence-electron chi connectivity index (χ0n) is 43.1. The maximum Gasteiger partial charge on any atom is 0.410 e. The van der Waals surface area contributed by atoms with E-state index in [0.29, 0.717) is 26.2 Å². The molecule has 72 heavy (non-hydrogen) atoms. The minimum Gasteiger partial charge on any atom is -0.444 e. The van der Waals surface area contributed by atoms with Gasteiger partial charge in [0.25, 0.3) is 6.04 Å². The third-order valence-electron chi connectivity index (χ3n) is 11.7. The summed E-state index contributed by atoms with van der Waals surface area (Å²) < 4.78 is 13.2. The van der Waals surface area contributed by atoms with Gasteiger partial charge in [0.05, 0.1) is 41.6 Å². The highest BCUT2D eigenvalue weighted by molar-refractivity contribution is 7.98. The lowest BCUT2D eigenvalue weighted by atomic mass is 9.99. The normalized spacial score (nSPS) is 14.8. The molecular weight excluding hydrogens is 941 g/mol. The Hall–Kier alpha value is -6.57. The number of nitrogens with zero attached hydrogens (tertiary/aromatic N) is 10. The van der Waals surface area contributed by atoms with E-state index >= 15 is 0 Å². The van der Waals surface area contributed by atoms with Crippen molar-refractivity contribution in [3.63, 3.8) is 0 Å². The Morgan fingerprint density at radius 1 is 0.736 bits per heavy atom. The zero-order valence-corrected chi connectivity index (χ0v) is 44.7. The van der Waals surface area contributed by atoms with Crippen LogP contribution in [0.1, 0.15) is 102 Å². The standard InChI is InChI=1S/C24H29N5O2S.C16H24N4O2S.C16H15N/c1-24(2,3)31-23(30)28-14-11-18(12-15-28)29-16-26-20(17-8-6-5-7-9-17)21(29)19-10-13-25-22(27-19)32-4;1-16(2,3)22-15(21)20-9-6-12(7-10-20)18-11-13-5-8-17-14(19-13)23-4;1-13-8-10-14(11-9-13)12-16(17-2)15-6-4-3-5-7-15/h5-10,13,16,18H,11-12,14-15H2,1-4H3;5,8,11-12H,6-7,9-10H2,1-4H3;3-11,16H,12H2,1H3. The van der Waals surface area contributed by atoms with Gasteiger partial charge in [-0.15, -0.1) is 0 Å². The van der Waals surface area contributed by atoms with Gasteiger partial charge in [-0.25, -0.2) is 41.1 Å². The average molecular weight is 1010 g/mol. The van der Waals surface area contributed by atoms with Gasteiger partial charge in [-0.05, 0) is 104 Å². The number of rotatable bonds is 10. The van der Waals surface area contributed by atoms with Crippen molar-refractivity contribution in [3.8, 4) is 22.6 Å². The predicted molar refractivity (Wildman–Crippen MR) is 289 cm³/mol. The zero-order chi connectivity index (χ0) is 51.7. The Kier molecular flexibility index (Phi) is 19.9.